The number of thioether (sulfide) groups is 1. The largest absolute Gasteiger partial charge is 0.361 e. The van der Waals surface area contributed by atoms with Gasteiger partial charge in [0.1, 0.15) is 17.2 Å². The minimum Gasteiger partial charge on any atom is -0.361 e. The van der Waals surface area contributed by atoms with Gasteiger partial charge < -0.3 is 4.52 Å². The standard InChI is InChI=1S/C12H12F2N2O3S2/c1-8-6-10(15-19-8)7-21(17,18)16-9-2-4-11(5-3-9)20-12(13)14/h2-6,12,16H,7H2,1H3. The molecule has 114 valence electrons. The van der Waals surface area contributed by atoms with E-state index in [1.54, 1.807) is 6.92 Å². The molecule has 1 aromatic heterocycles. The van der Waals surface area contributed by atoms with Gasteiger partial charge in [0.2, 0.25) is 10.0 Å². The molecule has 0 spiro atoms. The molecule has 1 N–H and O–H groups in total. The van der Waals surface area contributed by atoms with Crippen LogP contribution in [0.4, 0.5) is 14.5 Å². The number of alkyl halides is 2. The van der Waals surface area contributed by atoms with Crippen molar-refractivity contribution in [1.29, 1.82) is 0 Å². The van der Waals surface area contributed by atoms with Gasteiger partial charge in [0, 0.05) is 16.6 Å². The van der Waals surface area contributed by atoms with E-state index in [9.17, 15) is 17.2 Å². The molecule has 0 aliphatic heterocycles. The number of halogens is 2. The number of rotatable bonds is 6. The highest BCUT2D eigenvalue weighted by molar-refractivity contribution is 7.99. The highest BCUT2D eigenvalue weighted by Crippen LogP contribution is 2.26. The van der Waals surface area contributed by atoms with Crippen molar-refractivity contribution in [3.8, 4) is 0 Å². The van der Waals surface area contributed by atoms with E-state index in [-0.39, 0.29) is 5.75 Å². The van der Waals surface area contributed by atoms with Gasteiger partial charge in [-0.05, 0) is 31.2 Å². The van der Waals surface area contributed by atoms with E-state index in [1.807, 2.05) is 0 Å². The lowest BCUT2D eigenvalue weighted by Crippen LogP contribution is -2.15. The van der Waals surface area contributed by atoms with Crippen molar-refractivity contribution >= 4 is 27.5 Å². The number of nitrogens with zero attached hydrogens (tertiary/aromatic N) is 1. The summed E-state index contributed by atoms with van der Waals surface area (Å²) in [4.78, 5) is 0.361. The third-order valence-electron chi connectivity index (χ3n) is 2.37. The number of hydrogen-bond acceptors (Lipinski definition) is 5. The van der Waals surface area contributed by atoms with E-state index < -0.39 is 15.8 Å². The maximum atomic E-state index is 12.2. The molecule has 0 saturated carbocycles. The molecule has 9 heteroatoms. The molecule has 2 aromatic rings. The lowest BCUT2D eigenvalue weighted by atomic mass is 10.3. The summed E-state index contributed by atoms with van der Waals surface area (Å²) in [6, 6.07) is 7.23. The van der Waals surface area contributed by atoms with Crippen LogP contribution in [0, 0.1) is 6.92 Å². The number of anilines is 1. The molecule has 0 radical (unpaired) electrons. The Bertz CT molecular complexity index is 700. The highest BCUT2D eigenvalue weighted by atomic mass is 32.2. The summed E-state index contributed by atoms with van der Waals surface area (Å²) in [5.74, 6) is -2.31. The van der Waals surface area contributed by atoms with Gasteiger partial charge in [-0.1, -0.05) is 16.9 Å². The fourth-order valence-electron chi connectivity index (χ4n) is 1.60. The first kappa shape index (κ1) is 15.8. The third-order valence-corrected chi connectivity index (χ3v) is 4.31. The molecule has 0 saturated heterocycles. The number of benzene rings is 1. The maximum Gasteiger partial charge on any atom is 0.288 e. The van der Waals surface area contributed by atoms with Gasteiger partial charge in [-0.25, -0.2) is 8.42 Å². The second kappa shape index (κ2) is 6.44. The van der Waals surface area contributed by atoms with Crippen molar-refractivity contribution in [2.24, 2.45) is 0 Å². The number of nitrogens with one attached hydrogen (secondary N) is 1. The number of aryl methyl sites for hydroxylation is 1. The van der Waals surface area contributed by atoms with Gasteiger partial charge in [-0.15, -0.1) is 0 Å². The predicted molar refractivity (Wildman–Crippen MR) is 75.8 cm³/mol. The Morgan fingerprint density at radius 2 is 2.00 bits per heavy atom. The molecule has 2 rings (SSSR count). The minimum atomic E-state index is -3.64. The molecule has 1 aromatic carbocycles. The van der Waals surface area contributed by atoms with E-state index in [4.69, 9.17) is 4.52 Å². The lowest BCUT2D eigenvalue weighted by molar-refractivity contribution is 0.252. The second-order valence-corrected chi connectivity index (χ2v) is 6.98. The molecule has 1 heterocycles. The van der Waals surface area contributed by atoms with Crippen molar-refractivity contribution in [2.45, 2.75) is 23.3 Å². The molecule has 0 aliphatic rings. The highest BCUT2D eigenvalue weighted by Gasteiger charge is 2.15. The Labute approximate surface area is 124 Å². The van der Waals surface area contributed by atoms with Crippen LogP contribution >= 0.6 is 11.8 Å². The Morgan fingerprint density at radius 1 is 1.33 bits per heavy atom. The average molecular weight is 334 g/mol. The van der Waals surface area contributed by atoms with Gasteiger partial charge in [0.05, 0.1) is 0 Å². The summed E-state index contributed by atoms with van der Waals surface area (Å²) in [7, 11) is -3.64. The molecule has 0 atom stereocenters. The first-order chi connectivity index (χ1) is 9.84. The molecular formula is C12H12F2N2O3S2. The van der Waals surface area contributed by atoms with E-state index in [2.05, 4.69) is 9.88 Å². The van der Waals surface area contributed by atoms with E-state index >= 15 is 0 Å². The van der Waals surface area contributed by atoms with Crippen molar-refractivity contribution in [2.75, 3.05) is 4.72 Å². The maximum absolute atomic E-state index is 12.2. The van der Waals surface area contributed by atoms with Gasteiger partial charge in [-0.3, -0.25) is 4.72 Å². The van der Waals surface area contributed by atoms with Gasteiger partial charge in [0.25, 0.3) is 5.76 Å². The molecule has 5 nitrogen and oxygen atoms in total. The van der Waals surface area contributed by atoms with E-state index in [0.29, 0.717) is 33.8 Å². The van der Waals surface area contributed by atoms with Gasteiger partial charge in [0.15, 0.2) is 0 Å². The summed E-state index contributed by atoms with van der Waals surface area (Å²) < 4.78 is 55.3. The van der Waals surface area contributed by atoms with Crippen molar-refractivity contribution in [3.05, 3.63) is 41.8 Å². The van der Waals surface area contributed by atoms with Crippen molar-refractivity contribution < 1.29 is 21.7 Å². The van der Waals surface area contributed by atoms with Gasteiger partial charge >= 0.3 is 0 Å². The summed E-state index contributed by atoms with van der Waals surface area (Å²) >= 11 is 0.398. The Balaban J connectivity index is 2.02. The van der Waals surface area contributed by atoms with E-state index in [1.165, 1.54) is 30.3 Å². The van der Waals surface area contributed by atoms with E-state index in [0.717, 1.165) is 0 Å². The molecule has 0 bridgehead atoms. The average Bonchev–Trinajstić information content (AvgIpc) is 2.75. The summed E-state index contributed by atoms with van der Waals surface area (Å²) in [6.45, 7) is 1.66. The summed E-state index contributed by atoms with van der Waals surface area (Å²) in [5.41, 5.74) is 0.596. The van der Waals surface area contributed by atoms with Gasteiger partial charge in [-0.2, -0.15) is 8.78 Å². The first-order valence-corrected chi connectivity index (χ1v) is 8.35. The molecular weight excluding hydrogens is 322 g/mol. The smallest absolute Gasteiger partial charge is 0.288 e. The molecule has 0 amide bonds. The summed E-state index contributed by atoms with van der Waals surface area (Å²) in [6.07, 6.45) is 0. The van der Waals surface area contributed by atoms with Crippen LogP contribution in [-0.2, 0) is 15.8 Å². The lowest BCUT2D eigenvalue weighted by Gasteiger charge is -2.07. The Hall–Kier alpha value is -1.61. The zero-order valence-electron chi connectivity index (χ0n) is 10.9. The Morgan fingerprint density at radius 3 is 2.52 bits per heavy atom. The molecule has 0 aliphatic carbocycles. The zero-order chi connectivity index (χ0) is 15.5. The topological polar surface area (TPSA) is 72.2 Å². The van der Waals surface area contributed by atoms with Crippen LogP contribution < -0.4 is 4.72 Å². The monoisotopic (exact) mass is 334 g/mol. The summed E-state index contributed by atoms with van der Waals surface area (Å²) in [5, 5.41) is 3.61. The van der Waals surface area contributed by atoms with Crippen LogP contribution in [0.2, 0.25) is 0 Å². The van der Waals surface area contributed by atoms with Crippen LogP contribution in [0.25, 0.3) is 0 Å². The molecule has 0 fully saturated rings. The fraction of sp³-hybridized carbons (Fsp3) is 0.250. The fourth-order valence-corrected chi connectivity index (χ4v) is 3.19. The normalized spacial score (nSPS) is 11.8. The van der Waals surface area contributed by atoms with Crippen LogP contribution in [0.3, 0.4) is 0 Å². The molecule has 21 heavy (non-hydrogen) atoms. The minimum absolute atomic E-state index is 0.296. The third kappa shape index (κ3) is 5.01. The number of sulfonamides is 1. The van der Waals surface area contributed by atoms with Crippen LogP contribution in [0.15, 0.2) is 39.8 Å². The van der Waals surface area contributed by atoms with Crippen molar-refractivity contribution in [3.63, 3.8) is 0 Å². The van der Waals surface area contributed by atoms with Crippen LogP contribution in [0.5, 0.6) is 0 Å². The number of hydrogen-bond donors (Lipinski definition) is 1. The second-order valence-electron chi connectivity index (χ2n) is 4.19. The zero-order valence-corrected chi connectivity index (χ0v) is 12.5. The predicted octanol–water partition coefficient (Wildman–Crippen LogP) is 3.24. The van der Waals surface area contributed by atoms with Crippen LogP contribution in [0.1, 0.15) is 11.5 Å². The Kier molecular flexibility index (Phi) is 4.84. The number of aromatic nitrogens is 1. The first-order valence-electron chi connectivity index (χ1n) is 5.81. The quantitative estimate of drug-likeness (QED) is 0.821. The molecule has 0 unspecified atom stereocenters. The van der Waals surface area contributed by atoms with Crippen LogP contribution in [-0.4, -0.2) is 19.3 Å². The SMILES string of the molecule is Cc1cc(CS(=O)(=O)Nc2ccc(SC(F)F)cc2)no1. The van der Waals surface area contributed by atoms with Crippen molar-refractivity contribution in [1.82, 2.24) is 5.16 Å².